The number of aliphatic hydroxyl groups excluding tert-OH is 1. The van der Waals surface area contributed by atoms with E-state index in [1.54, 1.807) is 6.92 Å². The molecule has 0 bridgehead atoms. The monoisotopic (exact) mass is 599 g/mol. The SMILES string of the molecule is Cc1ccccc1CNC(=O)C1N(C(=O)C(O)C(Cc2ccccc2)NC(=O)OC(C)COC(C)(C)C)CSC1(C)C. The van der Waals surface area contributed by atoms with Crippen molar-refractivity contribution in [3.63, 3.8) is 0 Å². The van der Waals surface area contributed by atoms with Gasteiger partial charge in [0.1, 0.15) is 12.1 Å². The first-order valence-electron chi connectivity index (χ1n) is 14.3. The molecule has 1 aliphatic heterocycles. The van der Waals surface area contributed by atoms with Gasteiger partial charge in [-0.05, 0) is 71.6 Å². The standard InChI is InChI=1S/C32H45N3O6S/c1-21-13-11-12-16-24(21)18-33-28(37)27-32(6,7)42-20-35(27)29(38)26(36)25(17-23-14-9-8-10-15-23)34-30(39)41-22(2)19-40-31(3,4)5/h8-16,22,25-27,36H,17-20H2,1-7H3,(H,33,37)(H,34,39). The number of rotatable bonds is 11. The van der Waals surface area contributed by atoms with Crippen LogP contribution in [0.15, 0.2) is 54.6 Å². The van der Waals surface area contributed by atoms with Gasteiger partial charge >= 0.3 is 6.09 Å². The highest BCUT2D eigenvalue weighted by Crippen LogP contribution is 2.40. The van der Waals surface area contributed by atoms with Gasteiger partial charge < -0.3 is 30.1 Å². The first-order valence-corrected chi connectivity index (χ1v) is 15.3. The van der Waals surface area contributed by atoms with E-state index in [9.17, 15) is 19.5 Å². The molecule has 0 aromatic heterocycles. The lowest BCUT2D eigenvalue weighted by atomic mass is 9.97. The van der Waals surface area contributed by atoms with Crippen molar-refractivity contribution in [3.05, 3.63) is 71.3 Å². The third-order valence-electron chi connectivity index (χ3n) is 7.09. The fourth-order valence-corrected chi connectivity index (χ4v) is 5.86. The molecule has 230 valence electrons. The van der Waals surface area contributed by atoms with Gasteiger partial charge in [-0.25, -0.2) is 4.79 Å². The van der Waals surface area contributed by atoms with E-state index in [2.05, 4.69) is 10.6 Å². The lowest BCUT2D eigenvalue weighted by molar-refractivity contribution is -0.147. The zero-order valence-electron chi connectivity index (χ0n) is 25.7. The molecule has 0 radical (unpaired) electrons. The Morgan fingerprint density at radius 2 is 1.74 bits per heavy atom. The van der Waals surface area contributed by atoms with Gasteiger partial charge in [0.05, 0.1) is 24.1 Å². The number of thioether (sulfide) groups is 1. The van der Waals surface area contributed by atoms with Crippen molar-refractivity contribution in [1.29, 1.82) is 0 Å². The molecule has 4 unspecified atom stereocenters. The number of amides is 3. The first-order chi connectivity index (χ1) is 19.7. The number of nitrogens with one attached hydrogen (secondary N) is 2. The molecule has 2 aromatic carbocycles. The number of nitrogens with zero attached hydrogens (tertiary/aromatic N) is 1. The van der Waals surface area contributed by atoms with Crippen LogP contribution in [-0.4, -0.2) is 75.0 Å². The summed E-state index contributed by atoms with van der Waals surface area (Å²) < 4.78 is 10.6. The summed E-state index contributed by atoms with van der Waals surface area (Å²) >= 11 is 1.47. The topological polar surface area (TPSA) is 117 Å². The molecule has 0 spiro atoms. The Kier molecular flexibility index (Phi) is 11.5. The van der Waals surface area contributed by atoms with Gasteiger partial charge in [0.25, 0.3) is 5.91 Å². The number of alkyl carbamates (subject to hydrolysis) is 1. The smallest absolute Gasteiger partial charge is 0.407 e. The largest absolute Gasteiger partial charge is 0.444 e. The summed E-state index contributed by atoms with van der Waals surface area (Å²) in [5.41, 5.74) is 2.47. The molecule has 0 saturated carbocycles. The molecule has 42 heavy (non-hydrogen) atoms. The lowest BCUT2D eigenvalue weighted by Gasteiger charge is -2.33. The number of carbonyl (C=O) groups is 3. The number of aliphatic hydroxyl groups is 1. The summed E-state index contributed by atoms with van der Waals surface area (Å²) in [6.45, 7) is 13.8. The second-order valence-corrected chi connectivity index (χ2v) is 13.9. The molecular formula is C32H45N3O6S. The minimum Gasteiger partial charge on any atom is -0.444 e. The Labute approximate surface area is 253 Å². The number of benzene rings is 2. The van der Waals surface area contributed by atoms with Crippen LogP contribution < -0.4 is 10.6 Å². The second kappa shape index (κ2) is 14.4. The van der Waals surface area contributed by atoms with Crippen LogP contribution in [0.4, 0.5) is 4.79 Å². The molecule has 0 aliphatic carbocycles. The van der Waals surface area contributed by atoms with Crippen molar-refractivity contribution in [1.82, 2.24) is 15.5 Å². The van der Waals surface area contributed by atoms with E-state index < -0.39 is 46.6 Å². The van der Waals surface area contributed by atoms with Crippen LogP contribution >= 0.6 is 11.8 Å². The zero-order chi connectivity index (χ0) is 31.1. The van der Waals surface area contributed by atoms with Gasteiger partial charge in [-0.15, -0.1) is 11.8 Å². The molecule has 1 heterocycles. The predicted molar refractivity (Wildman–Crippen MR) is 165 cm³/mol. The third-order valence-corrected chi connectivity index (χ3v) is 8.46. The average Bonchev–Trinajstić information content (AvgIpc) is 3.25. The van der Waals surface area contributed by atoms with Crippen LogP contribution in [-0.2, 0) is 32.0 Å². The molecule has 4 atom stereocenters. The summed E-state index contributed by atoms with van der Waals surface area (Å²) in [5.74, 6) is -0.697. The predicted octanol–water partition coefficient (Wildman–Crippen LogP) is 4.19. The van der Waals surface area contributed by atoms with E-state index in [0.29, 0.717) is 6.54 Å². The van der Waals surface area contributed by atoms with E-state index in [4.69, 9.17) is 9.47 Å². The highest BCUT2D eigenvalue weighted by Gasteiger charge is 2.49. The molecule has 3 rings (SSSR count). The van der Waals surface area contributed by atoms with Crippen LogP contribution in [0.2, 0.25) is 0 Å². The van der Waals surface area contributed by atoms with E-state index in [-0.39, 0.29) is 24.8 Å². The highest BCUT2D eigenvalue weighted by atomic mass is 32.2. The van der Waals surface area contributed by atoms with Crippen molar-refractivity contribution < 1.29 is 29.0 Å². The van der Waals surface area contributed by atoms with Crippen LogP contribution in [0, 0.1) is 6.92 Å². The Balaban J connectivity index is 1.75. The summed E-state index contributed by atoms with van der Waals surface area (Å²) in [6, 6.07) is 15.2. The molecule has 3 N–H and O–H groups in total. The van der Waals surface area contributed by atoms with E-state index in [1.807, 2.05) is 96.1 Å². The maximum Gasteiger partial charge on any atom is 0.407 e. The first kappa shape index (κ1) is 33.4. The molecular weight excluding hydrogens is 554 g/mol. The molecule has 3 amide bonds. The van der Waals surface area contributed by atoms with Gasteiger partial charge in [0, 0.05) is 11.3 Å². The average molecular weight is 600 g/mol. The Bertz CT molecular complexity index is 1220. The van der Waals surface area contributed by atoms with E-state index in [0.717, 1.165) is 16.7 Å². The Hall–Kier alpha value is -3.08. The summed E-state index contributed by atoms with van der Waals surface area (Å²) in [7, 11) is 0. The molecule has 1 fully saturated rings. The van der Waals surface area contributed by atoms with Crippen molar-refractivity contribution in [2.45, 2.75) is 96.1 Å². The number of hydrogen-bond donors (Lipinski definition) is 3. The summed E-state index contributed by atoms with van der Waals surface area (Å²) in [4.78, 5) is 41.5. The van der Waals surface area contributed by atoms with Crippen molar-refractivity contribution >= 4 is 29.7 Å². The molecule has 1 aliphatic rings. The van der Waals surface area contributed by atoms with Crippen molar-refractivity contribution in [3.8, 4) is 0 Å². The van der Waals surface area contributed by atoms with Gasteiger partial charge in [-0.2, -0.15) is 0 Å². The summed E-state index contributed by atoms with van der Waals surface area (Å²) in [6.07, 6.45) is -2.74. The highest BCUT2D eigenvalue weighted by molar-refractivity contribution is 8.00. The molecule has 1 saturated heterocycles. The maximum atomic E-state index is 13.8. The van der Waals surface area contributed by atoms with Gasteiger partial charge in [0.2, 0.25) is 5.91 Å². The number of aryl methyl sites for hydroxylation is 1. The quantitative estimate of drug-likeness (QED) is 0.355. The van der Waals surface area contributed by atoms with Gasteiger partial charge in [0.15, 0.2) is 6.10 Å². The molecule has 9 nitrogen and oxygen atoms in total. The van der Waals surface area contributed by atoms with Crippen LogP contribution in [0.1, 0.15) is 58.2 Å². The van der Waals surface area contributed by atoms with Crippen molar-refractivity contribution in [2.24, 2.45) is 0 Å². The van der Waals surface area contributed by atoms with Crippen LogP contribution in [0.3, 0.4) is 0 Å². The number of carbonyl (C=O) groups excluding carboxylic acids is 3. The van der Waals surface area contributed by atoms with Gasteiger partial charge in [-0.1, -0.05) is 54.6 Å². The normalized spacial score (nSPS) is 18.6. The van der Waals surface area contributed by atoms with Crippen LogP contribution in [0.25, 0.3) is 0 Å². The molecule has 2 aromatic rings. The third kappa shape index (κ3) is 9.47. The Morgan fingerprint density at radius 3 is 2.38 bits per heavy atom. The van der Waals surface area contributed by atoms with Crippen LogP contribution in [0.5, 0.6) is 0 Å². The minimum atomic E-state index is -1.61. The lowest BCUT2D eigenvalue weighted by Crippen LogP contribution is -2.58. The maximum absolute atomic E-state index is 13.8. The molecule has 10 heteroatoms. The summed E-state index contributed by atoms with van der Waals surface area (Å²) in [5, 5.41) is 17.1. The van der Waals surface area contributed by atoms with Crippen molar-refractivity contribution in [2.75, 3.05) is 12.5 Å². The van der Waals surface area contributed by atoms with Gasteiger partial charge in [-0.3, -0.25) is 9.59 Å². The number of ether oxygens (including phenoxy) is 2. The van der Waals surface area contributed by atoms with E-state index in [1.165, 1.54) is 16.7 Å². The fourth-order valence-electron chi connectivity index (χ4n) is 4.72. The Morgan fingerprint density at radius 1 is 1.10 bits per heavy atom. The fraction of sp³-hybridized carbons (Fsp3) is 0.531. The second-order valence-electron chi connectivity index (χ2n) is 12.3. The zero-order valence-corrected chi connectivity index (χ0v) is 26.5. The number of hydrogen-bond acceptors (Lipinski definition) is 7. The minimum absolute atomic E-state index is 0.185. The van der Waals surface area contributed by atoms with E-state index >= 15 is 0 Å².